The summed E-state index contributed by atoms with van der Waals surface area (Å²) in [5, 5.41) is 20.7. The first-order valence-electron chi connectivity index (χ1n) is 5.29. The molecule has 20 heavy (non-hydrogen) atoms. The quantitative estimate of drug-likeness (QED) is 0.686. The lowest BCUT2D eigenvalue weighted by molar-refractivity contribution is -0.387. The molecule has 8 heteroatoms. The molecule has 0 aliphatic carbocycles. The van der Waals surface area contributed by atoms with E-state index in [1.165, 1.54) is 18.3 Å². The SMILES string of the molecule is O=C(O)c1ccc(Sc2ncccc2Cl)c([N+](=O)[O-])c1. The van der Waals surface area contributed by atoms with Gasteiger partial charge in [0.2, 0.25) is 0 Å². The fourth-order valence-corrected chi connectivity index (χ4v) is 2.53. The highest BCUT2D eigenvalue weighted by molar-refractivity contribution is 7.99. The molecular weight excluding hydrogens is 304 g/mol. The maximum Gasteiger partial charge on any atom is 0.335 e. The molecule has 102 valence electrons. The molecule has 0 saturated heterocycles. The van der Waals surface area contributed by atoms with Crippen molar-refractivity contribution in [3.05, 3.63) is 57.2 Å². The van der Waals surface area contributed by atoms with Gasteiger partial charge >= 0.3 is 5.97 Å². The zero-order valence-electron chi connectivity index (χ0n) is 9.82. The highest BCUT2D eigenvalue weighted by Crippen LogP contribution is 2.37. The van der Waals surface area contributed by atoms with Crippen molar-refractivity contribution in [2.45, 2.75) is 9.92 Å². The number of nitro groups is 1. The second kappa shape index (κ2) is 5.89. The van der Waals surface area contributed by atoms with Gasteiger partial charge in [0.05, 0.1) is 20.4 Å². The summed E-state index contributed by atoms with van der Waals surface area (Å²) in [5.74, 6) is -1.22. The van der Waals surface area contributed by atoms with E-state index in [4.69, 9.17) is 16.7 Å². The molecule has 0 fully saturated rings. The molecule has 0 atom stereocenters. The molecule has 0 bridgehead atoms. The van der Waals surface area contributed by atoms with Crippen LogP contribution in [0.25, 0.3) is 0 Å². The molecule has 2 rings (SSSR count). The number of hydrogen-bond acceptors (Lipinski definition) is 5. The molecule has 0 amide bonds. The van der Waals surface area contributed by atoms with Gasteiger partial charge < -0.3 is 5.11 Å². The van der Waals surface area contributed by atoms with E-state index in [1.807, 2.05) is 0 Å². The lowest BCUT2D eigenvalue weighted by Crippen LogP contribution is -1.99. The Hall–Kier alpha value is -2.12. The van der Waals surface area contributed by atoms with Gasteiger partial charge in [-0.15, -0.1) is 0 Å². The molecule has 2 aromatic rings. The monoisotopic (exact) mass is 310 g/mol. The van der Waals surface area contributed by atoms with Gasteiger partial charge in [-0.1, -0.05) is 23.4 Å². The number of aromatic carboxylic acids is 1. The Balaban J connectivity index is 2.44. The number of pyridine rings is 1. The minimum absolute atomic E-state index is 0.145. The van der Waals surface area contributed by atoms with E-state index in [-0.39, 0.29) is 16.1 Å². The highest BCUT2D eigenvalue weighted by atomic mass is 35.5. The van der Waals surface area contributed by atoms with Crippen LogP contribution in [0.5, 0.6) is 0 Å². The number of rotatable bonds is 4. The summed E-state index contributed by atoms with van der Waals surface area (Å²) in [6.07, 6.45) is 1.52. The van der Waals surface area contributed by atoms with Gasteiger partial charge in [-0.05, 0) is 24.3 Å². The van der Waals surface area contributed by atoms with Gasteiger partial charge in [-0.25, -0.2) is 9.78 Å². The van der Waals surface area contributed by atoms with Crippen LogP contribution in [0.15, 0.2) is 46.5 Å². The van der Waals surface area contributed by atoms with Crippen molar-refractivity contribution in [3.63, 3.8) is 0 Å². The molecule has 0 aliphatic heterocycles. The fraction of sp³-hybridized carbons (Fsp3) is 0. The molecule has 1 aromatic carbocycles. The van der Waals surface area contributed by atoms with Crippen LogP contribution < -0.4 is 0 Å². The highest BCUT2D eigenvalue weighted by Gasteiger charge is 2.19. The summed E-state index contributed by atoms with van der Waals surface area (Å²) in [5.41, 5.74) is -0.440. The third kappa shape index (κ3) is 3.06. The van der Waals surface area contributed by atoms with Crippen LogP contribution in [0.3, 0.4) is 0 Å². The molecule has 0 radical (unpaired) electrons. The zero-order valence-corrected chi connectivity index (χ0v) is 11.4. The molecular formula is C12H7ClN2O4S. The third-order valence-corrected chi connectivity index (χ3v) is 3.83. The number of carbonyl (C=O) groups is 1. The van der Waals surface area contributed by atoms with Gasteiger partial charge in [0.25, 0.3) is 5.69 Å². The smallest absolute Gasteiger partial charge is 0.335 e. The number of carboxylic acid groups (broad SMARTS) is 1. The summed E-state index contributed by atoms with van der Waals surface area (Å²) >= 11 is 6.95. The minimum atomic E-state index is -1.22. The average molecular weight is 311 g/mol. The summed E-state index contributed by atoms with van der Waals surface area (Å²) in [4.78, 5) is 25.5. The van der Waals surface area contributed by atoms with E-state index in [1.54, 1.807) is 12.1 Å². The lowest BCUT2D eigenvalue weighted by atomic mass is 10.2. The van der Waals surface area contributed by atoms with E-state index in [0.717, 1.165) is 17.8 Å². The standard InChI is InChI=1S/C12H7ClN2O4S/c13-8-2-1-5-14-11(8)20-10-4-3-7(12(16)17)6-9(10)15(18)19/h1-6H,(H,16,17). The number of aromatic nitrogens is 1. The number of nitro benzene ring substituents is 1. The average Bonchev–Trinajstić information content (AvgIpc) is 2.41. The van der Waals surface area contributed by atoms with Crippen molar-refractivity contribution in [1.82, 2.24) is 4.98 Å². The molecule has 6 nitrogen and oxygen atoms in total. The Bertz CT molecular complexity index is 693. The van der Waals surface area contributed by atoms with Crippen molar-refractivity contribution in [2.24, 2.45) is 0 Å². The Kier molecular flexibility index (Phi) is 4.21. The number of hydrogen-bond donors (Lipinski definition) is 1. The van der Waals surface area contributed by atoms with Gasteiger partial charge in [-0.2, -0.15) is 0 Å². The van der Waals surface area contributed by atoms with E-state index < -0.39 is 10.9 Å². The van der Waals surface area contributed by atoms with Crippen LogP contribution in [0.4, 0.5) is 5.69 Å². The predicted octanol–water partition coefficient (Wildman–Crippen LogP) is 3.49. The number of carboxylic acids is 1. The largest absolute Gasteiger partial charge is 0.478 e. The molecule has 1 N–H and O–H groups in total. The van der Waals surface area contributed by atoms with Crippen LogP contribution >= 0.6 is 23.4 Å². The van der Waals surface area contributed by atoms with Crippen molar-refractivity contribution in [3.8, 4) is 0 Å². The first-order valence-corrected chi connectivity index (χ1v) is 6.48. The fourth-order valence-electron chi connectivity index (χ4n) is 1.43. The van der Waals surface area contributed by atoms with Crippen molar-refractivity contribution in [1.29, 1.82) is 0 Å². The van der Waals surface area contributed by atoms with Crippen LogP contribution in [-0.2, 0) is 0 Å². The molecule has 0 unspecified atom stereocenters. The normalized spacial score (nSPS) is 10.2. The van der Waals surface area contributed by atoms with Gasteiger partial charge in [0.15, 0.2) is 0 Å². The van der Waals surface area contributed by atoms with Gasteiger partial charge in [0, 0.05) is 12.3 Å². The second-order valence-electron chi connectivity index (χ2n) is 3.64. The first kappa shape index (κ1) is 14.3. The van der Waals surface area contributed by atoms with E-state index in [2.05, 4.69) is 4.98 Å². The number of nitrogens with zero attached hydrogens (tertiary/aromatic N) is 2. The van der Waals surface area contributed by atoms with Crippen LogP contribution in [0.2, 0.25) is 5.02 Å². The van der Waals surface area contributed by atoms with Crippen LogP contribution in [0.1, 0.15) is 10.4 Å². The maximum atomic E-state index is 11.0. The molecule has 0 saturated carbocycles. The third-order valence-electron chi connectivity index (χ3n) is 2.33. The van der Waals surface area contributed by atoms with Crippen molar-refractivity contribution in [2.75, 3.05) is 0 Å². The minimum Gasteiger partial charge on any atom is -0.478 e. The van der Waals surface area contributed by atoms with E-state index in [0.29, 0.717) is 10.0 Å². The summed E-state index contributed by atoms with van der Waals surface area (Å²) in [6.45, 7) is 0. The summed E-state index contributed by atoms with van der Waals surface area (Å²) in [7, 11) is 0. The predicted molar refractivity (Wildman–Crippen MR) is 73.4 cm³/mol. The number of halogens is 1. The molecule has 1 aromatic heterocycles. The molecule has 0 spiro atoms. The second-order valence-corrected chi connectivity index (χ2v) is 5.08. The Morgan fingerprint density at radius 3 is 2.75 bits per heavy atom. The van der Waals surface area contributed by atoms with Crippen molar-refractivity contribution >= 4 is 35.0 Å². The van der Waals surface area contributed by atoms with Gasteiger partial charge in [-0.3, -0.25) is 10.1 Å². The van der Waals surface area contributed by atoms with E-state index in [9.17, 15) is 14.9 Å². The Labute approximate surface area is 122 Å². The summed E-state index contributed by atoms with van der Waals surface area (Å²) < 4.78 is 0. The first-order chi connectivity index (χ1) is 9.49. The molecule has 0 aliphatic rings. The zero-order chi connectivity index (χ0) is 14.7. The van der Waals surface area contributed by atoms with Gasteiger partial charge in [0.1, 0.15) is 5.03 Å². The van der Waals surface area contributed by atoms with Crippen LogP contribution in [-0.4, -0.2) is 21.0 Å². The lowest BCUT2D eigenvalue weighted by Gasteiger charge is -2.04. The van der Waals surface area contributed by atoms with Crippen LogP contribution in [0, 0.1) is 10.1 Å². The molecule has 1 heterocycles. The Morgan fingerprint density at radius 1 is 1.40 bits per heavy atom. The summed E-state index contributed by atoms with van der Waals surface area (Å²) in [6, 6.07) is 6.95. The Morgan fingerprint density at radius 2 is 2.15 bits per heavy atom. The van der Waals surface area contributed by atoms with E-state index >= 15 is 0 Å². The maximum absolute atomic E-state index is 11.0. The number of benzene rings is 1. The van der Waals surface area contributed by atoms with Crippen molar-refractivity contribution < 1.29 is 14.8 Å². The topological polar surface area (TPSA) is 93.3 Å².